The van der Waals surface area contributed by atoms with Gasteiger partial charge in [-0.1, -0.05) is 55.1 Å². The Balaban J connectivity index is 1.89. The topological polar surface area (TPSA) is 56.8 Å². The van der Waals surface area contributed by atoms with Gasteiger partial charge in [-0.2, -0.15) is 0 Å². The molecule has 5 heteroatoms. The van der Waals surface area contributed by atoms with Crippen LogP contribution in [0.3, 0.4) is 0 Å². The van der Waals surface area contributed by atoms with Gasteiger partial charge in [-0.15, -0.1) is 0 Å². The quantitative estimate of drug-likeness (QED) is 0.496. The van der Waals surface area contributed by atoms with E-state index in [9.17, 15) is 4.79 Å². The first-order chi connectivity index (χ1) is 12.7. The van der Waals surface area contributed by atoms with E-state index in [2.05, 4.69) is 11.9 Å². The van der Waals surface area contributed by atoms with Crippen molar-refractivity contribution in [1.29, 1.82) is 0 Å². The Morgan fingerprint density at radius 3 is 2.50 bits per heavy atom. The van der Waals surface area contributed by atoms with Crippen molar-refractivity contribution in [3.05, 3.63) is 78.4 Å². The fraction of sp³-hybridized carbons (Fsp3) is 0.286. The monoisotopic (exact) mass is 355 g/mol. The van der Waals surface area contributed by atoms with Gasteiger partial charge >= 0.3 is 5.97 Å². The van der Waals surface area contributed by atoms with Crippen LogP contribution >= 0.6 is 0 Å². The lowest BCUT2D eigenvalue weighted by Gasteiger charge is -2.18. The standard InChI is InChI=1S/C21H25NO4/c1-3-13-26-21(23)20(16-25-15-18-7-5-4-6-8-18)22-14-17-9-11-19(24-2)12-10-17/h3-12,20,22H,1,13-16H2,2H3/t20-/m0/s1. The summed E-state index contributed by atoms with van der Waals surface area (Å²) in [6, 6.07) is 16.9. The summed E-state index contributed by atoms with van der Waals surface area (Å²) in [5.74, 6) is 0.438. The molecule has 2 aromatic rings. The molecule has 0 saturated heterocycles. The average Bonchev–Trinajstić information content (AvgIpc) is 2.69. The zero-order valence-electron chi connectivity index (χ0n) is 15.0. The number of rotatable bonds is 11. The number of nitrogens with one attached hydrogen (secondary N) is 1. The van der Waals surface area contributed by atoms with Crippen molar-refractivity contribution < 1.29 is 19.0 Å². The fourth-order valence-electron chi connectivity index (χ4n) is 2.31. The van der Waals surface area contributed by atoms with Crippen LogP contribution in [-0.2, 0) is 27.4 Å². The highest BCUT2D eigenvalue weighted by molar-refractivity contribution is 5.76. The molecule has 0 fully saturated rings. The number of hydrogen-bond acceptors (Lipinski definition) is 5. The summed E-state index contributed by atoms with van der Waals surface area (Å²) in [5.41, 5.74) is 2.09. The van der Waals surface area contributed by atoms with Crippen LogP contribution in [0.15, 0.2) is 67.3 Å². The van der Waals surface area contributed by atoms with Gasteiger partial charge in [0.1, 0.15) is 18.4 Å². The minimum atomic E-state index is -0.555. The number of hydrogen-bond donors (Lipinski definition) is 1. The normalized spacial score (nSPS) is 11.6. The molecule has 1 atom stereocenters. The maximum absolute atomic E-state index is 12.2. The first kappa shape index (κ1) is 19.7. The van der Waals surface area contributed by atoms with E-state index in [1.807, 2.05) is 54.6 Å². The highest BCUT2D eigenvalue weighted by atomic mass is 16.5. The summed E-state index contributed by atoms with van der Waals surface area (Å²) >= 11 is 0. The molecule has 0 amide bonds. The first-order valence-electron chi connectivity index (χ1n) is 8.48. The molecule has 0 aliphatic rings. The van der Waals surface area contributed by atoms with E-state index in [0.717, 1.165) is 16.9 Å². The molecule has 0 aliphatic carbocycles. The van der Waals surface area contributed by atoms with E-state index >= 15 is 0 Å². The Bertz CT molecular complexity index is 670. The average molecular weight is 355 g/mol. The Morgan fingerprint density at radius 2 is 1.85 bits per heavy atom. The molecule has 26 heavy (non-hydrogen) atoms. The van der Waals surface area contributed by atoms with Crippen LogP contribution in [0.2, 0.25) is 0 Å². The van der Waals surface area contributed by atoms with E-state index in [4.69, 9.17) is 14.2 Å². The molecule has 0 bridgehead atoms. The summed E-state index contributed by atoms with van der Waals surface area (Å²) in [6.07, 6.45) is 1.54. The van der Waals surface area contributed by atoms with Crippen molar-refractivity contribution in [2.75, 3.05) is 20.3 Å². The number of benzene rings is 2. The summed E-state index contributed by atoms with van der Waals surface area (Å²) in [4.78, 5) is 12.2. The predicted molar refractivity (Wildman–Crippen MR) is 101 cm³/mol. The third-order valence-electron chi connectivity index (χ3n) is 3.74. The van der Waals surface area contributed by atoms with Gasteiger partial charge in [0.25, 0.3) is 0 Å². The van der Waals surface area contributed by atoms with Crippen molar-refractivity contribution in [2.45, 2.75) is 19.2 Å². The summed E-state index contributed by atoms with van der Waals surface area (Å²) in [6.45, 7) is 4.93. The highest BCUT2D eigenvalue weighted by Crippen LogP contribution is 2.11. The van der Waals surface area contributed by atoms with Crippen molar-refractivity contribution in [2.24, 2.45) is 0 Å². The Kier molecular flexibility index (Phi) is 8.39. The van der Waals surface area contributed by atoms with E-state index in [1.54, 1.807) is 13.2 Å². The van der Waals surface area contributed by atoms with Gasteiger partial charge < -0.3 is 14.2 Å². The molecule has 0 heterocycles. The van der Waals surface area contributed by atoms with E-state index < -0.39 is 6.04 Å². The van der Waals surface area contributed by atoms with E-state index in [0.29, 0.717) is 13.2 Å². The zero-order valence-corrected chi connectivity index (χ0v) is 15.0. The van der Waals surface area contributed by atoms with Gasteiger partial charge in [0.05, 0.1) is 20.3 Å². The molecular formula is C21H25NO4. The lowest BCUT2D eigenvalue weighted by Crippen LogP contribution is -2.41. The fourth-order valence-corrected chi connectivity index (χ4v) is 2.31. The number of esters is 1. The van der Waals surface area contributed by atoms with Crippen molar-refractivity contribution in [3.63, 3.8) is 0 Å². The molecule has 5 nitrogen and oxygen atoms in total. The second-order valence-electron chi connectivity index (χ2n) is 5.70. The van der Waals surface area contributed by atoms with Crippen LogP contribution in [0.4, 0.5) is 0 Å². The molecule has 0 spiro atoms. The third kappa shape index (κ3) is 6.70. The van der Waals surface area contributed by atoms with Gasteiger partial charge in [0, 0.05) is 6.54 Å². The van der Waals surface area contributed by atoms with Crippen LogP contribution in [-0.4, -0.2) is 32.3 Å². The van der Waals surface area contributed by atoms with Crippen LogP contribution in [0, 0.1) is 0 Å². The third-order valence-corrected chi connectivity index (χ3v) is 3.74. The molecule has 0 aromatic heterocycles. The largest absolute Gasteiger partial charge is 0.497 e. The summed E-state index contributed by atoms with van der Waals surface area (Å²) in [7, 11) is 1.63. The second-order valence-corrected chi connectivity index (χ2v) is 5.70. The van der Waals surface area contributed by atoms with Crippen LogP contribution in [0.5, 0.6) is 5.75 Å². The van der Waals surface area contributed by atoms with Crippen molar-refractivity contribution >= 4 is 5.97 Å². The SMILES string of the molecule is C=CCOC(=O)[C@H](COCc1ccccc1)NCc1ccc(OC)cc1. The number of methoxy groups -OCH3 is 1. The van der Waals surface area contributed by atoms with Crippen molar-refractivity contribution in [3.8, 4) is 5.75 Å². The van der Waals surface area contributed by atoms with Crippen molar-refractivity contribution in [1.82, 2.24) is 5.32 Å². The van der Waals surface area contributed by atoms with E-state index in [-0.39, 0.29) is 19.2 Å². The Hall–Kier alpha value is -2.63. The highest BCUT2D eigenvalue weighted by Gasteiger charge is 2.19. The molecule has 0 radical (unpaired) electrons. The molecule has 138 valence electrons. The number of carbonyl (C=O) groups is 1. The minimum absolute atomic E-state index is 0.179. The van der Waals surface area contributed by atoms with E-state index in [1.165, 1.54) is 0 Å². The predicted octanol–water partition coefficient (Wildman–Crippen LogP) is 3.10. The van der Waals surface area contributed by atoms with Crippen LogP contribution in [0.25, 0.3) is 0 Å². The minimum Gasteiger partial charge on any atom is -0.497 e. The van der Waals surface area contributed by atoms with Gasteiger partial charge in [0.15, 0.2) is 0 Å². The maximum atomic E-state index is 12.2. The van der Waals surface area contributed by atoms with Crippen LogP contribution in [0.1, 0.15) is 11.1 Å². The molecule has 0 unspecified atom stereocenters. The molecule has 2 aromatic carbocycles. The molecule has 2 rings (SSSR count). The zero-order chi connectivity index (χ0) is 18.6. The smallest absolute Gasteiger partial charge is 0.325 e. The van der Waals surface area contributed by atoms with Crippen LogP contribution < -0.4 is 10.1 Å². The molecule has 1 N–H and O–H groups in total. The van der Waals surface area contributed by atoms with Gasteiger partial charge in [-0.05, 0) is 23.3 Å². The molecule has 0 saturated carbocycles. The first-order valence-corrected chi connectivity index (χ1v) is 8.48. The number of ether oxygens (including phenoxy) is 3. The Morgan fingerprint density at radius 1 is 1.12 bits per heavy atom. The second kappa shape index (κ2) is 11.1. The lowest BCUT2D eigenvalue weighted by molar-refractivity contribution is -0.146. The summed E-state index contributed by atoms with van der Waals surface area (Å²) < 4.78 is 16.0. The Labute approximate surface area is 154 Å². The van der Waals surface area contributed by atoms with Gasteiger partial charge in [-0.3, -0.25) is 10.1 Å². The maximum Gasteiger partial charge on any atom is 0.325 e. The van der Waals surface area contributed by atoms with Gasteiger partial charge in [-0.25, -0.2) is 0 Å². The molecule has 0 aliphatic heterocycles. The number of carbonyl (C=O) groups excluding carboxylic acids is 1. The lowest BCUT2D eigenvalue weighted by atomic mass is 10.2. The van der Waals surface area contributed by atoms with Gasteiger partial charge in [0.2, 0.25) is 0 Å². The molecular weight excluding hydrogens is 330 g/mol. The summed E-state index contributed by atoms with van der Waals surface area (Å²) in [5, 5.41) is 3.19.